The van der Waals surface area contributed by atoms with Gasteiger partial charge in [0.25, 0.3) is 6.33 Å². The Hall–Kier alpha value is -8.02. The first-order valence-electron chi connectivity index (χ1n) is 23.6. The third-order valence-corrected chi connectivity index (χ3v) is 12.2. The van der Waals surface area contributed by atoms with E-state index in [4.69, 9.17) is 16.6 Å². The average Bonchev–Trinajstić information content (AvgIpc) is 3.92. The highest BCUT2D eigenvalue weighted by molar-refractivity contribution is 6.09. The van der Waals surface area contributed by atoms with Gasteiger partial charge in [-0.1, -0.05) is 154 Å². The van der Waals surface area contributed by atoms with Crippen molar-refractivity contribution in [2.24, 2.45) is 0 Å². The Morgan fingerprint density at radius 1 is 0.571 bits per heavy atom. The lowest BCUT2D eigenvalue weighted by atomic mass is 9.85. The Balaban J connectivity index is 1.03. The van der Waals surface area contributed by atoms with E-state index in [1.807, 2.05) is 79.0 Å². The molecule has 0 atom stereocenters. The third kappa shape index (κ3) is 5.99. The van der Waals surface area contributed by atoms with Gasteiger partial charge in [-0.25, -0.2) is 4.98 Å². The van der Waals surface area contributed by atoms with Gasteiger partial charge in [-0.2, -0.15) is 0 Å². The minimum atomic E-state index is -0.427. The van der Waals surface area contributed by atoms with Crippen LogP contribution in [0.25, 0.3) is 94.5 Å². The summed E-state index contributed by atoms with van der Waals surface area (Å²) >= 11 is 0. The molecule has 63 heavy (non-hydrogen) atoms. The quantitative estimate of drug-likeness (QED) is 0.128. The van der Waals surface area contributed by atoms with Gasteiger partial charge < -0.3 is 4.74 Å². The second-order valence-electron chi connectivity index (χ2n) is 17.0. The molecule has 0 saturated carbocycles. The molecule has 0 unspecified atom stereocenters. The molecule has 12 rings (SSSR count). The van der Waals surface area contributed by atoms with Crippen molar-refractivity contribution in [2.45, 2.75) is 26.2 Å². The molecule has 300 valence electrons. The van der Waals surface area contributed by atoms with Crippen LogP contribution in [0.1, 0.15) is 33.2 Å². The fraction of sp³-hybridized carbons (Fsp3) is 0.0690. The van der Waals surface area contributed by atoms with Gasteiger partial charge in [0, 0.05) is 23.0 Å². The summed E-state index contributed by atoms with van der Waals surface area (Å²) in [6, 6.07) is 53.7. The number of fused-ring (bicyclic) bond motifs is 10. The Labute approximate surface area is 373 Å². The monoisotopic (exact) mass is 815 g/mol. The van der Waals surface area contributed by atoms with Crippen LogP contribution in [0, 0.1) is 6.33 Å². The van der Waals surface area contributed by atoms with Crippen molar-refractivity contribution < 1.29 is 16.2 Å². The molecule has 0 amide bonds. The number of para-hydroxylation sites is 3. The summed E-state index contributed by atoms with van der Waals surface area (Å²) in [5.74, 6) is 2.19. The van der Waals surface area contributed by atoms with Crippen molar-refractivity contribution in [2.75, 3.05) is 0 Å². The van der Waals surface area contributed by atoms with E-state index in [0.29, 0.717) is 17.1 Å². The summed E-state index contributed by atoms with van der Waals surface area (Å²) in [7, 11) is 0. The van der Waals surface area contributed by atoms with Gasteiger partial charge in [0.05, 0.1) is 40.3 Å². The molecule has 1 aliphatic rings. The normalized spacial score (nSPS) is 13.2. The number of hydrogen-bond acceptors (Lipinski definition) is 2. The van der Waals surface area contributed by atoms with E-state index in [1.54, 1.807) is 0 Å². The molecule has 0 aliphatic carbocycles. The summed E-state index contributed by atoms with van der Waals surface area (Å²) in [6.45, 7) is 6.64. The molecular formula is C58H42N4O. The van der Waals surface area contributed by atoms with E-state index in [1.165, 1.54) is 5.56 Å². The van der Waals surface area contributed by atoms with Crippen LogP contribution in [0.5, 0.6) is 11.5 Å². The molecule has 4 heterocycles. The second-order valence-corrected chi connectivity index (χ2v) is 17.0. The SMILES string of the molecule is [2H]c1c([2H])c([2H])c(-c2cccc3c2-c2ccccc2-[n+]2[c-]n(-c4cccc(Oc5ccc6c7ccccc7n(-c7cc(C(C)(C)C)ccn7)c6c5)c4)c4cccc(c42)-c2ccccc2-3)c([2H])c1[2H]. The molecule has 0 fully saturated rings. The number of hydrogen-bond donors (Lipinski definition) is 0. The van der Waals surface area contributed by atoms with Gasteiger partial charge in [0.2, 0.25) is 0 Å². The minimum Gasteiger partial charge on any atom is -0.458 e. The third-order valence-electron chi connectivity index (χ3n) is 12.2. The number of benzene rings is 8. The predicted molar refractivity (Wildman–Crippen MR) is 256 cm³/mol. The van der Waals surface area contributed by atoms with E-state index in [9.17, 15) is 0 Å². The lowest BCUT2D eigenvalue weighted by Crippen LogP contribution is -2.30. The zero-order valence-corrected chi connectivity index (χ0v) is 34.9. The molecule has 0 N–H and O–H groups in total. The van der Waals surface area contributed by atoms with Crippen molar-refractivity contribution >= 4 is 32.8 Å². The number of rotatable bonds is 5. The number of imidazole rings is 1. The summed E-state index contributed by atoms with van der Waals surface area (Å²) < 4.78 is 56.9. The summed E-state index contributed by atoms with van der Waals surface area (Å²) in [6.07, 6.45) is 5.64. The zero-order valence-electron chi connectivity index (χ0n) is 39.9. The van der Waals surface area contributed by atoms with Crippen LogP contribution in [-0.2, 0) is 5.41 Å². The van der Waals surface area contributed by atoms with Crippen molar-refractivity contribution in [3.05, 3.63) is 212 Å². The molecule has 0 spiro atoms. The van der Waals surface area contributed by atoms with Gasteiger partial charge in [-0.3, -0.25) is 13.7 Å². The average molecular weight is 816 g/mol. The highest BCUT2D eigenvalue weighted by atomic mass is 16.5. The first-order chi connectivity index (χ1) is 33.0. The van der Waals surface area contributed by atoms with Crippen molar-refractivity contribution in [1.82, 2.24) is 14.1 Å². The second kappa shape index (κ2) is 14.3. The Morgan fingerprint density at radius 2 is 1.24 bits per heavy atom. The maximum absolute atomic E-state index is 9.07. The van der Waals surface area contributed by atoms with E-state index >= 15 is 0 Å². The lowest BCUT2D eigenvalue weighted by Gasteiger charge is -2.20. The highest BCUT2D eigenvalue weighted by Gasteiger charge is 2.26. The van der Waals surface area contributed by atoms with Crippen LogP contribution in [0.4, 0.5) is 0 Å². The standard InChI is InChI=1S/C58H42N4O/c1-58(2,3)39-32-33-59-55(34-39)62-52-28-12-9-22-46(52)47-31-30-42(36-54(47)62)63-41-19-13-18-40(35-41)60-37-61-51-27-11-10-23-50(51)56-43(38-16-5-4-6-17-38)24-14-25-48(56)44-20-7-8-21-45(44)49-26-15-29-53(60)57(49)61/h4-36H,1-3H3/i4D,5D,6D,16D,17D. The predicted octanol–water partition coefficient (Wildman–Crippen LogP) is 14.3. The molecular weight excluding hydrogens is 769 g/mol. The Kier molecular flexibility index (Phi) is 7.21. The van der Waals surface area contributed by atoms with Gasteiger partial charge in [0.1, 0.15) is 17.3 Å². The van der Waals surface area contributed by atoms with Crippen LogP contribution < -0.4 is 9.30 Å². The van der Waals surface area contributed by atoms with Crippen LogP contribution in [0.3, 0.4) is 0 Å². The Morgan fingerprint density at radius 3 is 2.10 bits per heavy atom. The van der Waals surface area contributed by atoms with Gasteiger partial charge >= 0.3 is 0 Å². The maximum Gasteiger partial charge on any atom is 0.269 e. The van der Waals surface area contributed by atoms with Crippen LogP contribution >= 0.6 is 0 Å². The van der Waals surface area contributed by atoms with Gasteiger partial charge in [0.15, 0.2) is 0 Å². The lowest BCUT2D eigenvalue weighted by molar-refractivity contribution is -0.571. The number of ether oxygens (including phenoxy) is 1. The molecule has 0 saturated heterocycles. The van der Waals surface area contributed by atoms with Crippen molar-refractivity contribution in [1.29, 1.82) is 0 Å². The number of aromatic nitrogens is 4. The molecule has 0 radical (unpaired) electrons. The van der Waals surface area contributed by atoms with Crippen LogP contribution in [0.2, 0.25) is 0 Å². The van der Waals surface area contributed by atoms with E-state index in [-0.39, 0.29) is 35.1 Å². The first kappa shape index (κ1) is 31.8. The zero-order chi connectivity index (χ0) is 46.6. The Bertz CT molecular complexity index is 3870. The highest BCUT2D eigenvalue weighted by Crippen LogP contribution is 2.47. The van der Waals surface area contributed by atoms with Crippen molar-refractivity contribution in [3.63, 3.8) is 0 Å². The van der Waals surface area contributed by atoms with E-state index in [2.05, 4.69) is 132 Å². The first-order valence-corrected chi connectivity index (χ1v) is 21.1. The fourth-order valence-electron chi connectivity index (χ4n) is 9.32. The molecule has 5 heteroatoms. The summed E-state index contributed by atoms with van der Waals surface area (Å²) in [5, 5.41) is 2.25. The molecule has 1 aliphatic heterocycles. The van der Waals surface area contributed by atoms with Gasteiger partial charge in [-0.05, 0) is 110 Å². The topological polar surface area (TPSA) is 35.9 Å². The van der Waals surface area contributed by atoms with Crippen LogP contribution in [0.15, 0.2) is 200 Å². The summed E-state index contributed by atoms with van der Waals surface area (Å²) in [4.78, 5) is 4.87. The molecule has 11 aromatic rings. The molecule has 8 aromatic carbocycles. The van der Waals surface area contributed by atoms with E-state index < -0.39 is 6.04 Å². The van der Waals surface area contributed by atoms with Gasteiger partial charge in [-0.15, -0.1) is 0 Å². The van der Waals surface area contributed by atoms with Crippen LogP contribution in [-0.4, -0.2) is 14.1 Å². The van der Waals surface area contributed by atoms with Crippen molar-refractivity contribution in [3.8, 4) is 73.2 Å². The number of nitrogens with zero attached hydrogens (tertiary/aromatic N) is 4. The smallest absolute Gasteiger partial charge is 0.269 e. The van der Waals surface area contributed by atoms with E-state index in [0.717, 1.165) is 83.4 Å². The molecule has 3 aromatic heterocycles. The summed E-state index contributed by atoms with van der Waals surface area (Å²) in [5.41, 5.74) is 12.8. The largest absolute Gasteiger partial charge is 0.458 e. The molecule has 5 nitrogen and oxygen atoms in total. The minimum absolute atomic E-state index is 0.0468. The molecule has 0 bridgehead atoms. The number of pyridine rings is 1. The fourth-order valence-corrected chi connectivity index (χ4v) is 9.32. The maximum atomic E-state index is 9.07.